The van der Waals surface area contributed by atoms with Crippen LogP contribution < -0.4 is 0 Å². The monoisotopic (exact) mass is 387 g/mol. The molecule has 1 unspecified atom stereocenters. The minimum absolute atomic E-state index is 0.237. The van der Waals surface area contributed by atoms with Crippen LogP contribution in [0.4, 0.5) is 0 Å². The van der Waals surface area contributed by atoms with Gasteiger partial charge in [-0.2, -0.15) is 0 Å². The second kappa shape index (κ2) is 7.81. The maximum atomic E-state index is 5.58. The molecule has 0 N–H and O–H groups in total. The van der Waals surface area contributed by atoms with Gasteiger partial charge >= 0.3 is 0 Å². The van der Waals surface area contributed by atoms with E-state index >= 15 is 0 Å². The van der Waals surface area contributed by atoms with Crippen LogP contribution in [-0.4, -0.2) is 50.3 Å². The first-order chi connectivity index (χ1) is 14.3. The molecule has 0 amide bonds. The first kappa shape index (κ1) is 18.1. The van der Waals surface area contributed by atoms with Crippen molar-refractivity contribution in [2.24, 2.45) is 7.05 Å². The third kappa shape index (κ3) is 3.57. The second-order valence-corrected chi connectivity index (χ2v) is 7.55. The normalized spacial score (nSPS) is 16.3. The van der Waals surface area contributed by atoms with E-state index in [1.54, 1.807) is 0 Å². The molecule has 148 valence electrons. The summed E-state index contributed by atoms with van der Waals surface area (Å²) in [5, 5.41) is 1.23. The van der Waals surface area contributed by atoms with Crippen molar-refractivity contribution < 1.29 is 4.74 Å². The number of pyridine rings is 1. The van der Waals surface area contributed by atoms with E-state index in [0.717, 1.165) is 44.2 Å². The molecule has 1 atom stereocenters. The number of morpholine rings is 1. The van der Waals surface area contributed by atoms with Crippen LogP contribution in [-0.2, 0) is 18.3 Å². The lowest BCUT2D eigenvalue weighted by Crippen LogP contribution is -2.40. The van der Waals surface area contributed by atoms with E-state index in [0.29, 0.717) is 0 Å². The van der Waals surface area contributed by atoms with Crippen LogP contribution in [0.2, 0.25) is 0 Å². The number of imidazole rings is 1. The van der Waals surface area contributed by atoms with Crippen LogP contribution in [0.5, 0.6) is 0 Å². The summed E-state index contributed by atoms with van der Waals surface area (Å²) < 4.78 is 9.98. The van der Waals surface area contributed by atoms with E-state index in [1.165, 1.54) is 16.5 Å². The lowest BCUT2D eigenvalue weighted by molar-refractivity contribution is 0.0123. The van der Waals surface area contributed by atoms with Gasteiger partial charge in [0.15, 0.2) is 0 Å². The van der Waals surface area contributed by atoms with Gasteiger partial charge in [0.25, 0.3) is 0 Å². The number of ether oxygens (including phenoxy) is 1. The number of nitrogens with zero attached hydrogens (tertiary/aromatic N) is 5. The maximum absolute atomic E-state index is 5.58. The van der Waals surface area contributed by atoms with Gasteiger partial charge in [0.2, 0.25) is 0 Å². The van der Waals surface area contributed by atoms with Gasteiger partial charge in [0.05, 0.1) is 19.3 Å². The molecule has 1 aliphatic rings. The number of fused-ring (bicyclic) bond motifs is 1. The van der Waals surface area contributed by atoms with Gasteiger partial charge in [-0.15, -0.1) is 0 Å². The average Bonchev–Trinajstić information content (AvgIpc) is 3.39. The molecule has 0 radical (unpaired) electrons. The van der Waals surface area contributed by atoms with Gasteiger partial charge in [0.1, 0.15) is 5.82 Å². The summed E-state index contributed by atoms with van der Waals surface area (Å²) in [6.45, 7) is 4.24. The summed E-state index contributed by atoms with van der Waals surface area (Å²) in [7, 11) is 2.07. The largest absolute Gasteiger partial charge is 0.379 e. The molecule has 1 aromatic carbocycles. The standard InChI is InChI=1S/C23H25N5O/c1-26-9-6-18-15-19(4-5-21(18)26)23-25-8-10-28(23)17-22(20-3-2-7-24-16-20)27-11-13-29-14-12-27/h2-10,15-16,22H,11-14,17H2,1H3. The van der Waals surface area contributed by atoms with Crippen molar-refractivity contribution in [2.75, 3.05) is 26.3 Å². The molecule has 1 aliphatic heterocycles. The summed E-state index contributed by atoms with van der Waals surface area (Å²) in [4.78, 5) is 11.5. The quantitative estimate of drug-likeness (QED) is 0.526. The van der Waals surface area contributed by atoms with Crippen LogP contribution in [0.15, 0.2) is 67.4 Å². The van der Waals surface area contributed by atoms with Crippen LogP contribution >= 0.6 is 0 Å². The van der Waals surface area contributed by atoms with Gasteiger partial charge in [-0.25, -0.2) is 4.98 Å². The third-order valence-corrected chi connectivity index (χ3v) is 5.78. The van der Waals surface area contributed by atoms with Gasteiger partial charge in [0, 0.05) is 74.1 Å². The zero-order valence-corrected chi connectivity index (χ0v) is 16.6. The van der Waals surface area contributed by atoms with Crippen LogP contribution in [0.1, 0.15) is 11.6 Å². The number of aryl methyl sites for hydroxylation is 1. The van der Waals surface area contributed by atoms with E-state index in [9.17, 15) is 0 Å². The lowest BCUT2D eigenvalue weighted by atomic mass is 10.1. The zero-order valence-electron chi connectivity index (χ0n) is 16.6. The Bertz CT molecular complexity index is 1090. The molecule has 0 spiro atoms. The summed E-state index contributed by atoms with van der Waals surface area (Å²) in [5.41, 5.74) is 3.60. The molecule has 1 saturated heterocycles. The van der Waals surface area contributed by atoms with Crippen molar-refractivity contribution in [3.05, 3.63) is 72.9 Å². The molecule has 4 heterocycles. The van der Waals surface area contributed by atoms with Crippen LogP contribution in [0.25, 0.3) is 22.3 Å². The highest BCUT2D eigenvalue weighted by Gasteiger charge is 2.24. The molecule has 6 heteroatoms. The summed E-state index contributed by atoms with van der Waals surface area (Å²) in [5.74, 6) is 0.998. The Kier molecular flexibility index (Phi) is 4.87. The van der Waals surface area contributed by atoms with Crippen molar-refractivity contribution in [1.29, 1.82) is 0 Å². The third-order valence-electron chi connectivity index (χ3n) is 5.78. The van der Waals surface area contributed by atoms with Gasteiger partial charge < -0.3 is 13.9 Å². The zero-order chi connectivity index (χ0) is 19.6. The Morgan fingerprint density at radius 1 is 1.07 bits per heavy atom. The average molecular weight is 387 g/mol. The molecule has 4 aromatic rings. The minimum Gasteiger partial charge on any atom is -0.379 e. The number of benzene rings is 1. The van der Waals surface area contributed by atoms with Gasteiger partial charge in [-0.05, 0) is 35.9 Å². The smallest absolute Gasteiger partial charge is 0.139 e. The minimum atomic E-state index is 0.237. The van der Waals surface area contributed by atoms with E-state index in [-0.39, 0.29) is 6.04 Å². The highest BCUT2D eigenvalue weighted by Crippen LogP contribution is 2.28. The number of hydrogen-bond donors (Lipinski definition) is 0. The Morgan fingerprint density at radius 3 is 2.79 bits per heavy atom. The number of rotatable bonds is 5. The Labute approximate surface area is 170 Å². The molecule has 1 fully saturated rings. The first-order valence-electron chi connectivity index (χ1n) is 10.1. The molecule has 0 bridgehead atoms. The van der Waals surface area contributed by atoms with Crippen molar-refractivity contribution in [3.8, 4) is 11.4 Å². The van der Waals surface area contributed by atoms with E-state index in [1.807, 2.05) is 24.7 Å². The van der Waals surface area contributed by atoms with Crippen molar-refractivity contribution >= 4 is 10.9 Å². The lowest BCUT2D eigenvalue weighted by Gasteiger charge is -2.35. The van der Waals surface area contributed by atoms with Gasteiger partial charge in [-0.1, -0.05) is 6.07 Å². The topological polar surface area (TPSA) is 48.1 Å². The molecule has 6 nitrogen and oxygen atoms in total. The molecular weight excluding hydrogens is 362 g/mol. The second-order valence-electron chi connectivity index (χ2n) is 7.55. The van der Waals surface area contributed by atoms with Crippen molar-refractivity contribution in [3.63, 3.8) is 0 Å². The fraction of sp³-hybridized carbons (Fsp3) is 0.304. The number of hydrogen-bond acceptors (Lipinski definition) is 4. The molecule has 3 aromatic heterocycles. The summed E-state index contributed by atoms with van der Waals surface area (Å²) >= 11 is 0. The molecule has 29 heavy (non-hydrogen) atoms. The van der Waals surface area contributed by atoms with Crippen LogP contribution in [0.3, 0.4) is 0 Å². The van der Waals surface area contributed by atoms with E-state index < -0.39 is 0 Å². The predicted octanol–water partition coefficient (Wildman–Crippen LogP) is 3.51. The molecular formula is C23H25N5O. The molecule has 5 rings (SSSR count). The Balaban J connectivity index is 1.49. The van der Waals surface area contributed by atoms with Gasteiger partial charge in [-0.3, -0.25) is 9.88 Å². The maximum Gasteiger partial charge on any atom is 0.139 e. The van der Waals surface area contributed by atoms with Crippen molar-refractivity contribution in [2.45, 2.75) is 12.6 Å². The Hall–Kier alpha value is -2.96. The number of aromatic nitrogens is 4. The first-order valence-corrected chi connectivity index (χ1v) is 10.1. The highest BCUT2D eigenvalue weighted by atomic mass is 16.5. The summed E-state index contributed by atoms with van der Waals surface area (Å²) in [6, 6.07) is 13.1. The highest BCUT2D eigenvalue weighted by molar-refractivity contribution is 5.84. The summed E-state index contributed by atoms with van der Waals surface area (Å²) in [6.07, 6.45) is 9.88. The molecule has 0 saturated carbocycles. The predicted molar refractivity (Wildman–Crippen MR) is 114 cm³/mol. The van der Waals surface area contributed by atoms with Crippen molar-refractivity contribution in [1.82, 2.24) is 24.0 Å². The SMILES string of the molecule is Cn1ccc2cc(-c3nccn3CC(c3cccnc3)N3CCOCC3)ccc21. The van der Waals surface area contributed by atoms with E-state index in [4.69, 9.17) is 4.74 Å². The van der Waals surface area contributed by atoms with Crippen LogP contribution in [0, 0.1) is 0 Å². The Morgan fingerprint density at radius 2 is 1.97 bits per heavy atom. The van der Waals surface area contributed by atoms with E-state index in [2.05, 4.69) is 73.8 Å². The fourth-order valence-electron chi connectivity index (χ4n) is 4.22. The fourth-order valence-corrected chi connectivity index (χ4v) is 4.22. The molecule has 0 aliphatic carbocycles.